The van der Waals surface area contributed by atoms with Crippen molar-refractivity contribution in [1.29, 1.82) is 0 Å². The van der Waals surface area contributed by atoms with E-state index >= 15 is 8.78 Å². The van der Waals surface area contributed by atoms with Crippen molar-refractivity contribution < 1.29 is 27.8 Å². The first-order valence-electron chi connectivity index (χ1n) is 11.9. The number of pyridine rings is 2. The molecule has 1 aromatic carbocycles. The van der Waals surface area contributed by atoms with Gasteiger partial charge in [0, 0.05) is 42.3 Å². The van der Waals surface area contributed by atoms with Gasteiger partial charge in [-0.3, -0.25) is 14.6 Å². The molecule has 0 unspecified atom stereocenters. The molecular weight excluding hydrogens is 508 g/mol. The molecule has 4 rings (SSSR count). The number of hydrogen-bond donors (Lipinski definition) is 3. The molecular formula is C28H27F2N5O4. The Morgan fingerprint density at radius 2 is 1.74 bits per heavy atom. The van der Waals surface area contributed by atoms with Crippen molar-refractivity contribution in [2.75, 3.05) is 31.9 Å². The van der Waals surface area contributed by atoms with Gasteiger partial charge in [-0.2, -0.15) is 0 Å². The zero-order chi connectivity index (χ0) is 28.3. The number of methoxy groups -OCH3 is 2. The Labute approximate surface area is 224 Å². The normalized spacial score (nSPS) is 12.4. The summed E-state index contributed by atoms with van der Waals surface area (Å²) in [6, 6.07) is 2.78. The lowest BCUT2D eigenvalue weighted by Crippen LogP contribution is -2.22. The molecule has 3 aromatic rings. The van der Waals surface area contributed by atoms with E-state index in [9.17, 15) is 9.59 Å². The number of benzene rings is 1. The minimum absolute atomic E-state index is 0.203. The van der Waals surface area contributed by atoms with Crippen LogP contribution in [0.2, 0.25) is 0 Å². The van der Waals surface area contributed by atoms with Gasteiger partial charge in [-0.1, -0.05) is 6.58 Å². The van der Waals surface area contributed by atoms with E-state index in [-0.39, 0.29) is 23.5 Å². The fourth-order valence-corrected chi connectivity index (χ4v) is 4.42. The molecule has 2 heterocycles. The second kappa shape index (κ2) is 11.3. The van der Waals surface area contributed by atoms with E-state index in [4.69, 9.17) is 9.47 Å². The summed E-state index contributed by atoms with van der Waals surface area (Å²) in [5, 5.41) is 8.93. The smallest absolute Gasteiger partial charge is 0.247 e. The van der Waals surface area contributed by atoms with Crippen LogP contribution in [0, 0.1) is 18.6 Å². The third-order valence-electron chi connectivity index (χ3n) is 6.36. The third kappa shape index (κ3) is 5.15. The number of rotatable bonds is 9. The van der Waals surface area contributed by atoms with Crippen LogP contribution in [-0.4, -0.2) is 42.9 Å². The van der Waals surface area contributed by atoms with Crippen LogP contribution in [0.5, 0.6) is 11.5 Å². The topological polar surface area (TPSA) is 114 Å². The van der Waals surface area contributed by atoms with Gasteiger partial charge in [0.2, 0.25) is 5.91 Å². The summed E-state index contributed by atoms with van der Waals surface area (Å²) in [4.78, 5) is 34.1. The summed E-state index contributed by atoms with van der Waals surface area (Å²) in [6.07, 6.45) is 6.60. The number of carbonyl (C=O) groups is 2. The fraction of sp³-hybridized carbons (Fsp3) is 0.214. The van der Waals surface area contributed by atoms with Crippen molar-refractivity contribution in [2.24, 2.45) is 0 Å². The fourth-order valence-electron chi connectivity index (χ4n) is 4.42. The van der Waals surface area contributed by atoms with E-state index in [0.29, 0.717) is 34.9 Å². The second-order valence-corrected chi connectivity index (χ2v) is 8.64. The molecule has 0 saturated carbocycles. The quantitative estimate of drug-likeness (QED) is 0.267. The molecule has 2 aromatic heterocycles. The Kier molecular flexibility index (Phi) is 7.89. The molecule has 3 N–H and O–H groups in total. The molecule has 9 nitrogen and oxygen atoms in total. The highest BCUT2D eigenvalue weighted by molar-refractivity contribution is 6.14. The van der Waals surface area contributed by atoms with Crippen LogP contribution in [0.4, 0.5) is 26.0 Å². The first kappa shape index (κ1) is 27.2. The van der Waals surface area contributed by atoms with Crippen molar-refractivity contribution in [3.8, 4) is 11.5 Å². The largest absolute Gasteiger partial charge is 0.494 e. The SMILES string of the molecule is C=CC(=O)Nc1cncc(C)c1Nc1cc2c(cn1)CCC(C(=O)c1c(F)c(OC)cc(OC)c1F)=C2NC. The van der Waals surface area contributed by atoms with Crippen LogP contribution in [0.15, 0.2) is 49.0 Å². The van der Waals surface area contributed by atoms with Gasteiger partial charge in [-0.15, -0.1) is 0 Å². The molecule has 0 atom stereocenters. The number of Topliss-reactive ketones (excluding diaryl/α,β-unsaturated/α-hetero) is 1. The number of nitrogens with one attached hydrogen (secondary N) is 3. The van der Waals surface area contributed by atoms with Crippen molar-refractivity contribution in [3.63, 3.8) is 0 Å². The summed E-state index contributed by atoms with van der Waals surface area (Å²) in [5.74, 6) is -3.62. The summed E-state index contributed by atoms with van der Waals surface area (Å²) in [5.41, 5.74) is 3.10. The van der Waals surface area contributed by atoms with E-state index in [1.54, 1.807) is 25.5 Å². The van der Waals surface area contributed by atoms with Crippen LogP contribution in [0.3, 0.4) is 0 Å². The Bertz CT molecular complexity index is 1490. The van der Waals surface area contributed by atoms with Gasteiger partial charge in [0.1, 0.15) is 11.4 Å². The zero-order valence-corrected chi connectivity index (χ0v) is 21.9. The molecule has 39 heavy (non-hydrogen) atoms. The molecule has 11 heteroatoms. The third-order valence-corrected chi connectivity index (χ3v) is 6.36. The van der Waals surface area contributed by atoms with Crippen molar-refractivity contribution in [1.82, 2.24) is 15.3 Å². The number of halogens is 2. The Morgan fingerprint density at radius 1 is 1.05 bits per heavy atom. The standard InChI is InChI=1S/C28H27F2N5O4/c1-6-22(36)34-18-13-32-11-14(2)26(18)35-21-9-17-15(12-33-21)7-8-16(27(17)31-3)28(37)23-24(29)19(38-4)10-20(39-5)25(23)30/h6,9-13,31H,1,7-8H2,2-5H3,(H,34,36)(H,32,33,35). The number of carbonyl (C=O) groups excluding carboxylic acids is 2. The molecule has 0 spiro atoms. The number of hydrogen-bond acceptors (Lipinski definition) is 8. The van der Waals surface area contributed by atoms with E-state index in [0.717, 1.165) is 23.3 Å². The monoisotopic (exact) mass is 535 g/mol. The predicted molar refractivity (Wildman–Crippen MR) is 143 cm³/mol. The summed E-state index contributed by atoms with van der Waals surface area (Å²) < 4.78 is 40.3. The minimum atomic E-state index is -1.10. The highest BCUT2D eigenvalue weighted by Gasteiger charge is 2.31. The molecule has 0 saturated heterocycles. The second-order valence-electron chi connectivity index (χ2n) is 8.64. The van der Waals surface area contributed by atoms with Gasteiger partial charge in [-0.05, 0) is 43.0 Å². The Balaban J connectivity index is 1.78. The molecule has 1 aliphatic carbocycles. The maximum atomic E-state index is 15.1. The first-order valence-corrected chi connectivity index (χ1v) is 11.9. The average Bonchev–Trinajstić information content (AvgIpc) is 2.94. The predicted octanol–water partition coefficient (Wildman–Crippen LogP) is 4.71. The van der Waals surface area contributed by atoms with Gasteiger partial charge in [0.15, 0.2) is 28.9 Å². The number of ether oxygens (including phenoxy) is 2. The van der Waals surface area contributed by atoms with E-state index in [2.05, 4.69) is 32.5 Å². The molecule has 202 valence electrons. The zero-order valence-electron chi connectivity index (χ0n) is 21.9. The van der Waals surface area contributed by atoms with Crippen molar-refractivity contribution in [3.05, 3.63) is 82.8 Å². The van der Waals surface area contributed by atoms with E-state index in [1.807, 2.05) is 6.92 Å². The number of nitrogens with zero attached hydrogens (tertiary/aromatic N) is 2. The number of amides is 1. The molecule has 0 aliphatic heterocycles. The molecule has 1 aliphatic rings. The number of allylic oxidation sites excluding steroid dienone is 1. The lowest BCUT2D eigenvalue weighted by molar-refractivity contribution is -0.111. The first-order chi connectivity index (χ1) is 18.7. The van der Waals surface area contributed by atoms with Crippen molar-refractivity contribution in [2.45, 2.75) is 19.8 Å². The maximum Gasteiger partial charge on any atom is 0.247 e. The number of anilines is 3. The molecule has 0 bridgehead atoms. The Morgan fingerprint density at radius 3 is 2.36 bits per heavy atom. The van der Waals surface area contributed by atoms with Gasteiger partial charge < -0.3 is 25.4 Å². The van der Waals surface area contributed by atoms with Gasteiger partial charge >= 0.3 is 0 Å². The Hall–Kier alpha value is -4.80. The highest BCUT2D eigenvalue weighted by Crippen LogP contribution is 2.38. The minimum Gasteiger partial charge on any atom is -0.494 e. The number of aromatic nitrogens is 2. The van der Waals surface area contributed by atoms with E-state index in [1.165, 1.54) is 20.4 Å². The lowest BCUT2D eigenvalue weighted by atomic mass is 9.86. The molecule has 1 amide bonds. The lowest BCUT2D eigenvalue weighted by Gasteiger charge is -2.24. The summed E-state index contributed by atoms with van der Waals surface area (Å²) in [7, 11) is 4.07. The number of aryl methyl sites for hydroxylation is 2. The van der Waals surface area contributed by atoms with Crippen LogP contribution in [0.1, 0.15) is 33.5 Å². The molecule has 0 radical (unpaired) electrons. The maximum absolute atomic E-state index is 15.1. The number of fused-ring (bicyclic) bond motifs is 1. The van der Waals surface area contributed by atoms with Crippen molar-refractivity contribution >= 4 is 34.6 Å². The van der Waals surface area contributed by atoms with Gasteiger partial charge in [0.25, 0.3) is 0 Å². The number of ketones is 1. The van der Waals surface area contributed by atoms with E-state index < -0.39 is 28.9 Å². The van der Waals surface area contributed by atoms with Crippen LogP contribution >= 0.6 is 0 Å². The van der Waals surface area contributed by atoms with Crippen LogP contribution in [0.25, 0.3) is 5.70 Å². The highest BCUT2D eigenvalue weighted by atomic mass is 19.1. The van der Waals surface area contributed by atoms with Crippen LogP contribution in [-0.2, 0) is 11.2 Å². The van der Waals surface area contributed by atoms with Crippen LogP contribution < -0.4 is 25.4 Å². The summed E-state index contributed by atoms with van der Waals surface area (Å²) >= 11 is 0. The summed E-state index contributed by atoms with van der Waals surface area (Å²) in [6.45, 7) is 5.28. The van der Waals surface area contributed by atoms with Gasteiger partial charge in [0.05, 0.1) is 31.8 Å². The van der Waals surface area contributed by atoms with Gasteiger partial charge in [-0.25, -0.2) is 13.8 Å². The average molecular weight is 536 g/mol. The molecule has 0 fully saturated rings.